The van der Waals surface area contributed by atoms with E-state index in [-0.39, 0.29) is 11.9 Å². The first-order valence-electron chi connectivity index (χ1n) is 5.27. The topological polar surface area (TPSA) is 59.5 Å². The highest BCUT2D eigenvalue weighted by Gasteiger charge is 2.24. The number of likely N-dealkylation sites (tertiary alicyclic amines) is 1. The predicted octanol–water partition coefficient (Wildman–Crippen LogP) is 1.15. The summed E-state index contributed by atoms with van der Waals surface area (Å²) in [5.41, 5.74) is 6.49. The van der Waals surface area contributed by atoms with Gasteiger partial charge in [-0.05, 0) is 25.8 Å². The molecule has 0 aromatic carbocycles. The van der Waals surface area contributed by atoms with Crippen LogP contribution >= 0.6 is 0 Å². The molecule has 1 unspecified atom stereocenters. The third-order valence-corrected chi connectivity index (χ3v) is 2.83. The number of furan rings is 1. The van der Waals surface area contributed by atoms with Gasteiger partial charge in [-0.2, -0.15) is 0 Å². The van der Waals surface area contributed by atoms with Crippen molar-refractivity contribution in [2.45, 2.75) is 25.8 Å². The average molecular weight is 208 g/mol. The Balaban J connectivity index is 2.11. The molecule has 1 saturated heterocycles. The number of hydrogen-bond donors (Lipinski definition) is 1. The molecule has 1 aromatic heterocycles. The molecule has 0 bridgehead atoms. The highest BCUT2D eigenvalue weighted by atomic mass is 16.3. The molecule has 0 saturated carbocycles. The normalized spacial score (nSPS) is 21.7. The maximum absolute atomic E-state index is 12.0. The van der Waals surface area contributed by atoms with Gasteiger partial charge in [-0.15, -0.1) is 0 Å². The number of aryl methyl sites for hydroxylation is 1. The molecule has 2 rings (SSSR count). The van der Waals surface area contributed by atoms with Gasteiger partial charge < -0.3 is 15.1 Å². The number of piperidine rings is 1. The van der Waals surface area contributed by atoms with Gasteiger partial charge in [-0.3, -0.25) is 4.79 Å². The Morgan fingerprint density at radius 2 is 2.47 bits per heavy atom. The number of carbonyl (C=O) groups is 1. The highest BCUT2D eigenvalue weighted by Crippen LogP contribution is 2.15. The monoisotopic (exact) mass is 208 g/mol. The van der Waals surface area contributed by atoms with Gasteiger partial charge in [0, 0.05) is 19.1 Å². The van der Waals surface area contributed by atoms with Crippen molar-refractivity contribution in [2.75, 3.05) is 13.1 Å². The van der Waals surface area contributed by atoms with Gasteiger partial charge >= 0.3 is 0 Å². The molecule has 2 N–H and O–H groups in total. The van der Waals surface area contributed by atoms with Crippen LogP contribution in [-0.4, -0.2) is 29.9 Å². The van der Waals surface area contributed by atoms with E-state index in [0.29, 0.717) is 17.9 Å². The Labute approximate surface area is 89.0 Å². The summed E-state index contributed by atoms with van der Waals surface area (Å²) in [4.78, 5) is 13.8. The van der Waals surface area contributed by atoms with Crippen LogP contribution in [0.4, 0.5) is 0 Å². The largest absolute Gasteiger partial charge is 0.469 e. The van der Waals surface area contributed by atoms with Gasteiger partial charge in [0.05, 0.1) is 11.8 Å². The van der Waals surface area contributed by atoms with E-state index in [0.717, 1.165) is 19.4 Å². The number of rotatable bonds is 1. The number of amides is 1. The third-order valence-electron chi connectivity index (χ3n) is 2.83. The van der Waals surface area contributed by atoms with E-state index in [9.17, 15) is 4.79 Å². The van der Waals surface area contributed by atoms with E-state index in [4.69, 9.17) is 10.2 Å². The maximum Gasteiger partial charge on any atom is 0.257 e. The number of nitrogens with two attached hydrogens (primary N) is 1. The van der Waals surface area contributed by atoms with Crippen molar-refractivity contribution >= 4 is 5.91 Å². The Morgan fingerprint density at radius 3 is 3.07 bits per heavy atom. The first-order valence-corrected chi connectivity index (χ1v) is 5.27. The van der Waals surface area contributed by atoms with Crippen LogP contribution in [0.25, 0.3) is 0 Å². The van der Waals surface area contributed by atoms with Crippen LogP contribution in [0.3, 0.4) is 0 Å². The summed E-state index contributed by atoms with van der Waals surface area (Å²) in [5.74, 6) is 0.718. The Bertz CT molecular complexity index is 359. The van der Waals surface area contributed by atoms with Gasteiger partial charge in [-0.1, -0.05) is 0 Å². The molecule has 4 nitrogen and oxygen atoms in total. The van der Waals surface area contributed by atoms with Gasteiger partial charge in [0.2, 0.25) is 0 Å². The lowest BCUT2D eigenvalue weighted by atomic mass is 10.1. The van der Waals surface area contributed by atoms with Crippen LogP contribution in [0.15, 0.2) is 16.7 Å². The molecule has 1 aliphatic heterocycles. The quantitative estimate of drug-likeness (QED) is 0.753. The summed E-state index contributed by atoms with van der Waals surface area (Å²) in [6.45, 7) is 3.26. The first-order chi connectivity index (χ1) is 7.18. The molecule has 1 amide bonds. The number of hydrogen-bond acceptors (Lipinski definition) is 3. The molecular weight excluding hydrogens is 192 g/mol. The minimum Gasteiger partial charge on any atom is -0.469 e. The van der Waals surface area contributed by atoms with Crippen molar-refractivity contribution in [2.24, 2.45) is 5.73 Å². The molecule has 0 spiro atoms. The predicted molar refractivity (Wildman–Crippen MR) is 56.6 cm³/mol. The van der Waals surface area contributed by atoms with E-state index in [2.05, 4.69) is 0 Å². The Kier molecular flexibility index (Phi) is 2.77. The van der Waals surface area contributed by atoms with E-state index in [1.807, 2.05) is 4.90 Å². The summed E-state index contributed by atoms with van der Waals surface area (Å²) in [5, 5.41) is 0. The lowest BCUT2D eigenvalue weighted by molar-refractivity contribution is 0.0707. The molecule has 82 valence electrons. The van der Waals surface area contributed by atoms with Crippen LogP contribution in [0.2, 0.25) is 0 Å². The molecule has 1 atom stereocenters. The van der Waals surface area contributed by atoms with Gasteiger partial charge in [0.15, 0.2) is 0 Å². The molecule has 0 aliphatic carbocycles. The first kappa shape index (κ1) is 10.2. The minimum absolute atomic E-state index is 0.0383. The van der Waals surface area contributed by atoms with Gasteiger partial charge in [0.1, 0.15) is 5.76 Å². The zero-order valence-corrected chi connectivity index (χ0v) is 8.90. The van der Waals surface area contributed by atoms with E-state index in [1.165, 1.54) is 0 Å². The molecule has 1 fully saturated rings. The Hall–Kier alpha value is -1.29. The van der Waals surface area contributed by atoms with Crippen LogP contribution in [0, 0.1) is 6.92 Å². The standard InChI is InChI=1S/C11H16N2O2/c1-8-10(4-6-15-8)11(14)13-5-2-3-9(12)7-13/h4,6,9H,2-3,5,7,12H2,1H3. The van der Waals surface area contributed by atoms with Crippen LogP contribution < -0.4 is 5.73 Å². The van der Waals surface area contributed by atoms with Crippen LogP contribution in [-0.2, 0) is 0 Å². The fraction of sp³-hybridized carbons (Fsp3) is 0.545. The van der Waals surface area contributed by atoms with Crippen molar-refractivity contribution in [3.05, 3.63) is 23.7 Å². The smallest absolute Gasteiger partial charge is 0.257 e. The molecule has 4 heteroatoms. The van der Waals surface area contributed by atoms with E-state index < -0.39 is 0 Å². The number of carbonyl (C=O) groups excluding carboxylic acids is 1. The second-order valence-electron chi connectivity index (χ2n) is 4.04. The zero-order chi connectivity index (χ0) is 10.8. The maximum atomic E-state index is 12.0. The van der Waals surface area contributed by atoms with Gasteiger partial charge in [0.25, 0.3) is 5.91 Å². The van der Waals surface area contributed by atoms with Crippen LogP contribution in [0.5, 0.6) is 0 Å². The Morgan fingerprint density at radius 1 is 1.67 bits per heavy atom. The number of nitrogens with zero attached hydrogens (tertiary/aromatic N) is 1. The second-order valence-corrected chi connectivity index (χ2v) is 4.04. The fourth-order valence-electron chi connectivity index (χ4n) is 1.97. The fourth-order valence-corrected chi connectivity index (χ4v) is 1.97. The summed E-state index contributed by atoms with van der Waals surface area (Å²) >= 11 is 0. The average Bonchev–Trinajstić information content (AvgIpc) is 2.63. The molecule has 1 aromatic rings. The summed E-state index contributed by atoms with van der Waals surface area (Å²) < 4.78 is 5.12. The molecule has 2 heterocycles. The van der Waals surface area contributed by atoms with Crippen molar-refractivity contribution < 1.29 is 9.21 Å². The van der Waals surface area contributed by atoms with Crippen molar-refractivity contribution in [3.8, 4) is 0 Å². The van der Waals surface area contributed by atoms with Crippen molar-refractivity contribution in [1.29, 1.82) is 0 Å². The van der Waals surface area contributed by atoms with E-state index >= 15 is 0 Å². The minimum atomic E-state index is 0.0383. The molecule has 15 heavy (non-hydrogen) atoms. The van der Waals surface area contributed by atoms with Gasteiger partial charge in [-0.25, -0.2) is 0 Å². The summed E-state index contributed by atoms with van der Waals surface area (Å²) in [6.07, 6.45) is 3.55. The molecular formula is C11H16N2O2. The molecule has 1 aliphatic rings. The van der Waals surface area contributed by atoms with Crippen molar-refractivity contribution in [1.82, 2.24) is 4.90 Å². The summed E-state index contributed by atoms with van der Waals surface area (Å²) in [6, 6.07) is 1.84. The summed E-state index contributed by atoms with van der Waals surface area (Å²) in [7, 11) is 0. The lowest BCUT2D eigenvalue weighted by Gasteiger charge is -2.30. The van der Waals surface area contributed by atoms with Crippen molar-refractivity contribution in [3.63, 3.8) is 0 Å². The molecule has 0 radical (unpaired) electrons. The van der Waals surface area contributed by atoms with E-state index in [1.54, 1.807) is 19.3 Å². The highest BCUT2D eigenvalue weighted by molar-refractivity contribution is 5.95. The van der Waals surface area contributed by atoms with Crippen LogP contribution in [0.1, 0.15) is 29.0 Å². The lowest BCUT2D eigenvalue weighted by Crippen LogP contribution is -2.45. The third kappa shape index (κ3) is 2.04. The SMILES string of the molecule is Cc1occc1C(=O)N1CCCC(N)C1. The zero-order valence-electron chi connectivity index (χ0n) is 8.90. The second kappa shape index (κ2) is 4.06.